The van der Waals surface area contributed by atoms with Crippen LogP contribution in [0, 0.1) is 10.1 Å². The summed E-state index contributed by atoms with van der Waals surface area (Å²) in [5.74, 6) is 0.296. The molecule has 2 aromatic carbocycles. The van der Waals surface area contributed by atoms with Crippen molar-refractivity contribution in [3.8, 4) is 5.75 Å². The van der Waals surface area contributed by atoms with Gasteiger partial charge in [-0.1, -0.05) is 24.3 Å². The van der Waals surface area contributed by atoms with E-state index in [4.69, 9.17) is 4.74 Å². The Balaban J connectivity index is 1.73. The van der Waals surface area contributed by atoms with Crippen LogP contribution >= 0.6 is 0 Å². The molecule has 0 spiro atoms. The van der Waals surface area contributed by atoms with Gasteiger partial charge < -0.3 is 15.4 Å². The van der Waals surface area contributed by atoms with E-state index in [9.17, 15) is 10.1 Å². The summed E-state index contributed by atoms with van der Waals surface area (Å²) in [6.45, 7) is 3.86. The average Bonchev–Trinajstić information content (AvgIpc) is 2.60. The maximum Gasteiger partial charge on any atom is 0.311 e. The normalized spacial score (nSPS) is 16.3. The number of nitrogens with one attached hydrogen (secondary N) is 2. The molecule has 0 aromatic heterocycles. The van der Waals surface area contributed by atoms with Crippen molar-refractivity contribution < 1.29 is 9.66 Å². The Kier molecular flexibility index (Phi) is 4.96. The summed E-state index contributed by atoms with van der Waals surface area (Å²) in [6.07, 6.45) is 1.04. The molecule has 3 rings (SSSR count). The van der Waals surface area contributed by atoms with E-state index in [1.54, 1.807) is 12.1 Å². The third kappa shape index (κ3) is 3.49. The van der Waals surface area contributed by atoms with E-state index >= 15 is 0 Å². The number of hydrogen-bond donors (Lipinski definition) is 2. The lowest BCUT2D eigenvalue weighted by molar-refractivity contribution is -0.385. The van der Waals surface area contributed by atoms with E-state index in [0.29, 0.717) is 18.9 Å². The molecule has 0 saturated heterocycles. The van der Waals surface area contributed by atoms with Crippen LogP contribution < -0.4 is 15.4 Å². The van der Waals surface area contributed by atoms with E-state index in [-0.39, 0.29) is 11.7 Å². The molecule has 6 nitrogen and oxygen atoms in total. The highest BCUT2D eigenvalue weighted by Gasteiger charge is 2.20. The minimum atomic E-state index is -0.423. The van der Waals surface area contributed by atoms with Crippen molar-refractivity contribution in [2.75, 3.05) is 25.0 Å². The number of nitrogens with zero attached hydrogens (tertiary/aromatic N) is 1. The Bertz CT molecular complexity index is 733. The first-order chi connectivity index (χ1) is 11.7. The van der Waals surface area contributed by atoms with Crippen LogP contribution in [0.15, 0.2) is 42.5 Å². The van der Waals surface area contributed by atoms with Gasteiger partial charge in [0.05, 0.1) is 11.5 Å². The second kappa shape index (κ2) is 7.31. The van der Waals surface area contributed by atoms with E-state index in [1.165, 1.54) is 17.2 Å². The summed E-state index contributed by atoms with van der Waals surface area (Å²) in [5.41, 5.74) is 3.49. The van der Waals surface area contributed by atoms with Crippen LogP contribution in [-0.4, -0.2) is 24.6 Å². The highest BCUT2D eigenvalue weighted by molar-refractivity contribution is 5.58. The lowest BCUT2D eigenvalue weighted by Crippen LogP contribution is -2.34. The third-order valence-corrected chi connectivity index (χ3v) is 4.18. The second-order valence-corrected chi connectivity index (χ2v) is 5.71. The Morgan fingerprint density at radius 3 is 2.96 bits per heavy atom. The zero-order chi connectivity index (χ0) is 16.9. The molecule has 0 saturated carbocycles. The molecule has 6 heteroatoms. The second-order valence-electron chi connectivity index (χ2n) is 5.71. The van der Waals surface area contributed by atoms with Gasteiger partial charge in [-0.05, 0) is 37.1 Å². The van der Waals surface area contributed by atoms with Crippen LogP contribution in [0.5, 0.6) is 5.75 Å². The zero-order valence-electron chi connectivity index (χ0n) is 13.6. The summed E-state index contributed by atoms with van der Waals surface area (Å²) in [6, 6.07) is 13.6. The molecule has 0 bridgehead atoms. The molecule has 1 heterocycles. The van der Waals surface area contributed by atoms with E-state index in [0.717, 1.165) is 18.7 Å². The van der Waals surface area contributed by atoms with Crippen LogP contribution in [-0.2, 0) is 6.42 Å². The van der Waals surface area contributed by atoms with Crippen molar-refractivity contribution in [1.29, 1.82) is 0 Å². The van der Waals surface area contributed by atoms with Crippen molar-refractivity contribution in [2.45, 2.75) is 19.4 Å². The van der Waals surface area contributed by atoms with Crippen LogP contribution in [0.4, 0.5) is 11.4 Å². The molecule has 1 aliphatic heterocycles. The summed E-state index contributed by atoms with van der Waals surface area (Å²) < 4.78 is 5.39. The van der Waals surface area contributed by atoms with Gasteiger partial charge in [-0.2, -0.15) is 0 Å². The van der Waals surface area contributed by atoms with Crippen molar-refractivity contribution in [1.82, 2.24) is 5.32 Å². The van der Waals surface area contributed by atoms with E-state index in [2.05, 4.69) is 34.9 Å². The fourth-order valence-electron chi connectivity index (χ4n) is 3.04. The maximum atomic E-state index is 11.0. The molecule has 1 unspecified atom stereocenters. The number of ether oxygens (including phenoxy) is 1. The first-order valence-electron chi connectivity index (χ1n) is 8.15. The molecule has 0 fully saturated rings. The fourth-order valence-corrected chi connectivity index (χ4v) is 3.04. The van der Waals surface area contributed by atoms with Gasteiger partial charge in [0.2, 0.25) is 0 Å². The molecular formula is C18H21N3O3. The first kappa shape index (κ1) is 16.3. The Hall–Kier alpha value is -2.60. The quantitative estimate of drug-likeness (QED) is 0.629. The number of fused-ring (bicyclic) bond motifs is 1. The Morgan fingerprint density at radius 2 is 2.17 bits per heavy atom. The molecule has 1 atom stereocenters. The standard InChI is InChI=1S/C18H21N3O3/c1-2-24-18-11-14(7-8-17(18)21(22)23)20-12-16-15-6-4-3-5-13(15)9-10-19-16/h3-8,11,16,19-20H,2,9-10,12H2,1H3. The molecule has 2 aromatic rings. The zero-order valence-corrected chi connectivity index (χ0v) is 13.6. The summed E-state index contributed by atoms with van der Waals surface area (Å²) in [4.78, 5) is 10.6. The number of nitro benzene ring substituents is 1. The predicted octanol–water partition coefficient (Wildman–Crippen LogP) is 3.29. The van der Waals surface area contributed by atoms with Crippen LogP contribution in [0.3, 0.4) is 0 Å². The SMILES string of the molecule is CCOc1cc(NCC2NCCc3ccccc32)ccc1[N+](=O)[O-]. The molecule has 0 amide bonds. The lowest BCUT2D eigenvalue weighted by atomic mass is 9.94. The molecule has 126 valence electrons. The highest BCUT2D eigenvalue weighted by Crippen LogP contribution is 2.30. The van der Waals surface area contributed by atoms with Gasteiger partial charge in [-0.25, -0.2) is 0 Å². The Morgan fingerprint density at radius 1 is 1.33 bits per heavy atom. The van der Waals surface area contributed by atoms with Gasteiger partial charge in [-0.3, -0.25) is 10.1 Å². The van der Waals surface area contributed by atoms with Crippen molar-refractivity contribution >= 4 is 11.4 Å². The van der Waals surface area contributed by atoms with Crippen molar-refractivity contribution in [3.05, 3.63) is 63.7 Å². The smallest absolute Gasteiger partial charge is 0.311 e. The minimum Gasteiger partial charge on any atom is -0.487 e. The largest absolute Gasteiger partial charge is 0.487 e. The average molecular weight is 327 g/mol. The monoisotopic (exact) mass is 327 g/mol. The number of nitro groups is 1. The maximum absolute atomic E-state index is 11.0. The van der Waals surface area contributed by atoms with E-state index in [1.807, 2.05) is 6.92 Å². The summed E-state index contributed by atoms with van der Waals surface area (Å²) in [5, 5.41) is 17.9. The number of anilines is 1. The molecule has 0 radical (unpaired) electrons. The fraction of sp³-hybridized carbons (Fsp3) is 0.333. The van der Waals surface area contributed by atoms with Gasteiger partial charge in [-0.15, -0.1) is 0 Å². The van der Waals surface area contributed by atoms with Crippen molar-refractivity contribution in [2.24, 2.45) is 0 Å². The van der Waals surface area contributed by atoms with Crippen molar-refractivity contribution in [3.63, 3.8) is 0 Å². The first-order valence-corrected chi connectivity index (χ1v) is 8.15. The molecule has 1 aliphatic rings. The van der Waals surface area contributed by atoms with Gasteiger partial charge in [0.25, 0.3) is 0 Å². The van der Waals surface area contributed by atoms with Crippen LogP contribution in [0.2, 0.25) is 0 Å². The van der Waals surface area contributed by atoms with Gasteiger partial charge >= 0.3 is 5.69 Å². The van der Waals surface area contributed by atoms with E-state index < -0.39 is 4.92 Å². The van der Waals surface area contributed by atoms with Crippen LogP contribution in [0.1, 0.15) is 24.1 Å². The number of hydrogen-bond acceptors (Lipinski definition) is 5. The predicted molar refractivity (Wildman–Crippen MR) is 93.6 cm³/mol. The Labute approximate surface area is 141 Å². The molecular weight excluding hydrogens is 306 g/mol. The lowest BCUT2D eigenvalue weighted by Gasteiger charge is -2.27. The summed E-state index contributed by atoms with van der Waals surface area (Å²) >= 11 is 0. The number of rotatable bonds is 6. The molecule has 0 aliphatic carbocycles. The van der Waals surface area contributed by atoms with Gasteiger partial charge in [0, 0.05) is 30.4 Å². The van der Waals surface area contributed by atoms with Gasteiger partial charge in [0.1, 0.15) is 0 Å². The highest BCUT2D eigenvalue weighted by atomic mass is 16.6. The minimum absolute atomic E-state index is 0.0106. The third-order valence-electron chi connectivity index (χ3n) is 4.18. The molecule has 24 heavy (non-hydrogen) atoms. The van der Waals surface area contributed by atoms with Gasteiger partial charge in [0.15, 0.2) is 5.75 Å². The topological polar surface area (TPSA) is 76.4 Å². The summed E-state index contributed by atoms with van der Waals surface area (Å²) in [7, 11) is 0. The van der Waals surface area contributed by atoms with Crippen LogP contribution in [0.25, 0.3) is 0 Å². The number of benzene rings is 2. The molecule has 2 N–H and O–H groups in total.